The number of aliphatic hydroxyl groups excluding tert-OH is 1. The molecule has 0 spiro atoms. The number of nitrogens with one attached hydrogen (secondary N) is 4. The lowest BCUT2D eigenvalue weighted by Gasteiger charge is -2.41. The molecule has 14 atom stereocenters. The molecular formula is C66H118N12O13. The molecule has 25 nitrogen and oxygen atoms in total. The van der Waals surface area contributed by atoms with Crippen molar-refractivity contribution < 1.29 is 62.6 Å². The fourth-order valence-corrected chi connectivity index (χ4v) is 12.1. The highest BCUT2D eigenvalue weighted by Gasteiger charge is 2.46. The minimum absolute atomic E-state index is 0.00497. The number of nitrogens with zero attached hydrogens (tertiary/aromatic N) is 8. The topological polar surface area (TPSA) is 291 Å². The van der Waals surface area contributed by atoms with Crippen molar-refractivity contribution in [3.8, 4) is 0 Å². The fourth-order valence-electron chi connectivity index (χ4n) is 12.1. The molecule has 520 valence electrons. The van der Waals surface area contributed by atoms with Gasteiger partial charge < -0.3 is 65.4 Å². The number of carbonyl (C=O) groups is 11. The Morgan fingerprint density at radius 1 is 0.484 bits per heavy atom. The number of carbonyl (C=O) groups excluding carboxylic acids is 11. The van der Waals surface area contributed by atoms with E-state index in [4.69, 9.17) is 4.74 Å². The summed E-state index contributed by atoms with van der Waals surface area (Å²) in [5.74, 6) is -10.3. The molecule has 2 saturated heterocycles. The molecule has 0 radical (unpaired) electrons. The van der Waals surface area contributed by atoms with Crippen molar-refractivity contribution in [2.24, 2.45) is 41.4 Å². The summed E-state index contributed by atoms with van der Waals surface area (Å²) >= 11 is 0. The molecule has 2 fully saturated rings. The highest BCUT2D eigenvalue weighted by Crippen LogP contribution is 2.26. The van der Waals surface area contributed by atoms with Crippen LogP contribution < -0.4 is 21.3 Å². The van der Waals surface area contributed by atoms with Gasteiger partial charge in [0, 0.05) is 69.0 Å². The second-order valence-corrected chi connectivity index (χ2v) is 27.7. The average molecular weight is 1290 g/mol. The molecule has 2 aliphatic heterocycles. The Bertz CT molecular complexity index is 2500. The molecule has 0 aliphatic carbocycles. The van der Waals surface area contributed by atoms with Crippen LogP contribution >= 0.6 is 0 Å². The van der Waals surface area contributed by atoms with E-state index in [1.165, 1.54) is 99.5 Å². The van der Waals surface area contributed by atoms with Gasteiger partial charge in [-0.25, -0.2) is 0 Å². The Morgan fingerprint density at radius 3 is 1.42 bits per heavy atom. The summed E-state index contributed by atoms with van der Waals surface area (Å²) in [6.45, 7) is 31.9. The normalized spacial score (nSPS) is 28.3. The van der Waals surface area contributed by atoms with Gasteiger partial charge in [0.05, 0.1) is 19.3 Å². The van der Waals surface area contributed by atoms with Crippen LogP contribution in [0.15, 0.2) is 12.2 Å². The number of aliphatic hydroxyl groups is 1. The van der Waals surface area contributed by atoms with E-state index >= 15 is 24.0 Å². The first-order valence-electron chi connectivity index (χ1n) is 32.9. The van der Waals surface area contributed by atoms with E-state index in [0.29, 0.717) is 39.3 Å². The van der Waals surface area contributed by atoms with Gasteiger partial charge in [-0.05, 0) is 101 Å². The first kappa shape index (κ1) is 80.9. The zero-order chi connectivity index (χ0) is 70.0. The molecule has 5 N–H and O–H groups in total. The van der Waals surface area contributed by atoms with Crippen molar-refractivity contribution in [2.75, 3.05) is 82.2 Å². The molecular weight excluding hydrogens is 1170 g/mol. The third kappa shape index (κ3) is 22.0. The Kier molecular flexibility index (Phi) is 32.8. The zero-order valence-electron chi connectivity index (χ0n) is 59.6. The molecule has 0 bridgehead atoms. The van der Waals surface area contributed by atoms with Crippen molar-refractivity contribution in [3.05, 3.63) is 12.2 Å². The van der Waals surface area contributed by atoms with E-state index in [9.17, 15) is 33.9 Å². The molecule has 2 aliphatic rings. The van der Waals surface area contributed by atoms with Crippen LogP contribution in [0.4, 0.5) is 0 Å². The summed E-state index contributed by atoms with van der Waals surface area (Å²) < 4.78 is 5.60. The molecule has 25 heteroatoms. The van der Waals surface area contributed by atoms with Crippen molar-refractivity contribution in [1.29, 1.82) is 0 Å². The largest absolute Gasteiger partial charge is 0.390 e. The van der Waals surface area contributed by atoms with Gasteiger partial charge >= 0.3 is 0 Å². The lowest BCUT2D eigenvalue weighted by molar-refractivity contribution is -0.157. The summed E-state index contributed by atoms with van der Waals surface area (Å²) in [5, 5.41) is 23.3. The maximum atomic E-state index is 15.3. The van der Waals surface area contributed by atoms with Crippen LogP contribution in [0.2, 0.25) is 0 Å². The number of hydrogen-bond donors (Lipinski definition) is 5. The van der Waals surface area contributed by atoms with E-state index in [2.05, 4.69) is 26.2 Å². The summed E-state index contributed by atoms with van der Waals surface area (Å²) in [6, 6.07) is -13.8. The molecule has 11 amide bonds. The molecule has 0 aromatic heterocycles. The van der Waals surface area contributed by atoms with E-state index in [1.54, 1.807) is 54.5 Å². The van der Waals surface area contributed by atoms with Crippen molar-refractivity contribution in [3.63, 3.8) is 0 Å². The Morgan fingerprint density at radius 2 is 0.934 bits per heavy atom. The van der Waals surface area contributed by atoms with E-state index < -0.39 is 161 Å². The predicted molar refractivity (Wildman–Crippen MR) is 350 cm³/mol. The molecule has 1 unspecified atom stereocenters. The van der Waals surface area contributed by atoms with Crippen LogP contribution in [0.1, 0.15) is 150 Å². The highest BCUT2D eigenvalue weighted by molar-refractivity contribution is 6.00. The summed E-state index contributed by atoms with van der Waals surface area (Å²) in [4.78, 5) is 174. The number of hydrogen-bond acceptors (Lipinski definition) is 14. The fraction of sp³-hybridized carbons (Fsp3) is 0.803. The van der Waals surface area contributed by atoms with Crippen LogP contribution in [-0.4, -0.2) is 264 Å². The molecule has 2 rings (SSSR count). The number of likely N-dealkylation sites (N-methyl/N-ethyl adjacent to an activating group) is 7. The maximum Gasteiger partial charge on any atom is 0.246 e. The molecule has 0 saturated carbocycles. The van der Waals surface area contributed by atoms with Gasteiger partial charge in [-0.15, -0.1) is 0 Å². The van der Waals surface area contributed by atoms with Gasteiger partial charge in [0.1, 0.15) is 66.5 Å². The van der Waals surface area contributed by atoms with Crippen LogP contribution in [0.5, 0.6) is 0 Å². The monoisotopic (exact) mass is 1290 g/mol. The van der Waals surface area contributed by atoms with E-state index in [-0.39, 0.29) is 43.4 Å². The van der Waals surface area contributed by atoms with Gasteiger partial charge in [0.25, 0.3) is 0 Å². The third-order valence-corrected chi connectivity index (χ3v) is 18.0. The number of allylic oxidation sites excluding steroid dienone is 2. The van der Waals surface area contributed by atoms with Gasteiger partial charge in [0.15, 0.2) is 0 Å². The first-order valence-corrected chi connectivity index (χ1v) is 32.9. The summed E-state index contributed by atoms with van der Waals surface area (Å²) in [6.07, 6.45) is 2.83. The quantitative estimate of drug-likeness (QED) is 0.139. The van der Waals surface area contributed by atoms with Gasteiger partial charge in [-0.3, -0.25) is 57.6 Å². The number of amides is 11. The van der Waals surface area contributed by atoms with Gasteiger partial charge in [-0.2, -0.15) is 0 Å². The Balaban J connectivity index is 3.04. The maximum absolute atomic E-state index is 15.3. The first-order chi connectivity index (χ1) is 42.2. The summed E-state index contributed by atoms with van der Waals surface area (Å²) in [7, 11) is 10.00. The molecule has 2 heterocycles. The van der Waals surface area contributed by atoms with Gasteiger partial charge in [-0.1, -0.05) is 102 Å². The number of ether oxygens (including phenoxy) is 1. The van der Waals surface area contributed by atoms with Crippen molar-refractivity contribution >= 4 is 65.0 Å². The van der Waals surface area contributed by atoms with Crippen LogP contribution in [-0.2, 0) is 57.5 Å². The lowest BCUT2D eigenvalue weighted by Crippen LogP contribution is -2.64. The molecule has 91 heavy (non-hydrogen) atoms. The Labute approximate surface area is 544 Å². The smallest absolute Gasteiger partial charge is 0.246 e. The third-order valence-electron chi connectivity index (χ3n) is 18.0. The SMILES string of the molecule is C/C=C/C[C@@H](C)[C@@H](O)[C@H]1C(=O)N[C@@H](CC)C(=O)N(C)[C@@H](C)C(=O)N(C)[C@@H](C(C)CN2CCOCC2)C(=O)N[C@@H](C(C)C)C(=O)N(C)[C@@H](CC(C)C)C(=O)N[C@@H](C)C(=O)N[C@H](C)C(=O)N(C)[C@@H](CC(C)C)C(=O)N(C)[C@@H](CC(C)C)C(=O)N(C)[C@@H](C(C)C)C(=O)N1C. The van der Waals surface area contributed by atoms with E-state index in [0.717, 1.165) is 4.90 Å². The zero-order valence-corrected chi connectivity index (χ0v) is 59.6. The van der Waals surface area contributed by atoms with Crippen LogP contribution in [0.25, 0.3) is 0 Å². The second-order valence-electron chi connectivity index (χ2n) is 27.7. The number of rotatable bonds is 16. The van der Waals surface area contributed by atoms with Crippen molar-refractivity contribution in [2.45, 2.75) is 222 Å². The van der Waals surface area contributed by atoms with Gasteiger partial charge in [0.2, 0.25) is 65.0 Å². The van der Waals surface area contributed by atoms with Crippen LogP contribution in [0, 0.1) is 41.4 Å². The lowest BCUT2D eigenvalue weighted by atomic mass is 9.91. The van der Waals surface area contributed by atoms with Crippen molar-refractivity contribution in [1.82, 2.24) is 60.5 Å². The predicted octanol–water partition coefficient (Wildman–Crippen LogP) is 2.58. The summed E-state index contributed by atoms with van der Waals surface area (Å²) in [5.41, 5.74) is 0. The molecule has 0 aromatic carbocycles. The number of morpholine rings is 1. The second kappa shape index (κ2) is 36.9. The Hall–Kier alpha value is -6.21. The van der Waals surface area contributed by atoms with Crippen LogP contribution in [0.3, 0.4) is 0 Å². The minimum Gasteiger partial charge on any atom is -0.390 e. The average Bonchev–Trinajstić information content (AvgIpc) is 2.18. The highest BCUT2D eigenvalue weighted by atomic mass is 16.5. The molecule has 0 aromatic rings. The minimum atomic E-state index is -1.63. The standard InChI is InChI=1S/C66H118N12O13/c1-25-27-28-42(13)55(79)54-59(83)69-47(26-2)62(86)71(18)46(17)61(85)76(23)53(43(14)36-78-29-31-91-32-30-78)58(82)70-51(40(9)10)65(89)72(19)48(33-37(3)4)57(81)67-44(15)56(80)68-45(16)60(84)73(20)49(34-38(5)6)63(87)74(21)50(35-39(7)8)64(88)75(22)52(41(11)12)66(90)77(54)24/h25,27,37-55,79H,26,28-36H2,1-24H3,(H,67,81)(H,68,80)(H,69,83)(H,70,82)/b27-25+/t42-,43?,44+,45-,46+,47+,48+,49+,50+,51+,52+,53+,54+,55-/m1/s1. The van der Waals surface area contributed by atoms with E-state index in [1.807, 2.05) is 54.5 Å².